The molecule has 0 radical (unpaired) electrons. The molecule has 114 valence electrons. The lowest BCUT2D eigenvalue weighted by Crippen LogP contribution is -2.60. The number of carboxylic acids is 1. The van der Waals surface area contributed by atoms with Crippen molar-refractivity contribution in [2.24, 2.45) is 5.92 Å². The summed E-state index contributed by atoms with van der Waals surface area (Å²) >= 11 is 0. The van der Waals surface area contributed by atoms with E-state index in [1.165, 1.54) is 12.1 Å². The summed E-state index contributed by atoms with van der Waals surface area (Å²) in [7, 11) is 0. The molecule has 0 aromatic heterocycles. The predicted molar refractivity (Wildman–Crippen MR) is 78.3 cm³/mol. The number of rotatable bonds is 3. The normalized spacial score (nSPS) is 25.3. The van der Waals surface area contributed by atoms with Gasteiger partial charge in [0.2, 0.25) is 0 Å². The number of carbonyl (C=O) groups excluding carboxylic acids is 1. The van der Waals surface area contributed by atoms with Crippen molar-refractivity contribution in [2.45, 2.75) is 45.1 Å². The van der Waals surface area contributed by atoms with Gasteiger partial charge in [-0.05, 0) is 43.4 Å². The highest BCUT2D eigenvalue weighted by Gasteiger charge is 2.46. The number of hydrogen-bond donors (Lipinski definition) is 3. The Morgan fingerprint density at radius 3 is 2.62 bits per heavy atom. The summed E-state index contributed by atoms with van der Waals surface area (Å²) in [5.41, 5.74) is -0.297. The van der Waals surface area contributed by atoms with Crippen molar-refractivity contribution in [1.29, 1.82) is 0 Å². The second-order valence-electron chi connectivity index (χ2n) is 5.90. The minimum Gasteiger partial charge on any atom is -0.507 e. The van der Waals surface area contributed by atoms with E-state index >= 15 is 0 Å². The minimum absolute atomic E-state index is 0.110. The van der Waals surface area contributed by atoms with Crippen LogP contribution in [0.15, 0.2) is 18.2 Å². The van der Waals surface area contributed by atoms with Crippen molar-refractivity contribution in [3.63, 3.8) is 0 Å². The molecule has 1 aromatic carbocycles. The van der Waals surface area contributed by atoms with Gasteiger partial charge in [0, 0.05) is 0 Å². The number of amides is 1. The van der Waals surface area contributed by atoms with Gasteiger partial charge in [-0.2, -0.15) is 0 Å². The molecule has 0 heterocycles. The summed E-state index contributed by atoms with van der Waals surface area (Å²) in [5.74, 6) is -1.81. The zero-order valence-corrected chi connectivity index (χ0v) is 12.3. The van der Waals surface area contributed by atoms with Crippen LogP contribution in [0.1, 0.15) is 48.5 Å². The molecule has 2 atom stereocenters. The van der Waals surface area contributed by atoms with Gasteiger partial charge in [-0.3, -0.25) is 4.79 Å². The number of aliphatic carboxylic acids is 1. The van der Waals surface area contributed by atoms with E-state index in [0.29, 0.717) is 6.42 Å². The second-order valence-corrected chi connectivity index (χ2v) is 5.90. The quantitative estimate of drug-likeness (QED) is 0.798. The molecule has 1 aliphatic carbocycles. The van der Waals surface area contributed by atoms with Gasteiger partial charge in [0.25, 0.3) is 5.91 Å². The molecule has 5 heteroatoms. The van der Waals surface area contributed by atoms with Gasteiger partial charge in [-0.1, -0.05) is 25.8 Å². The Morgan fingerprint density at radius 1 is 1.33 bits per heavy atom. The van der Waals surface area contributed by atoms with E-state index in [2.05, 4.69) is 5.32 Å². The monoisotopic (exact) mass is 291 g/mol. The maximum absolute atomic E-state index is 12.4. The Morgan fingerprint density at radius 2 is 2.05 bits per heavy atom. The molecule has 21 heavy (non-hydrogen) atoms. The average Bonchev–Trinajstić information content (AvgIpc) is 2.41. The smallest absolute Gasteiger partial charge is 0.329 e. The first-order valence-corrected chi connectivity index (χ1v) is 7.22. The molecule has 2 rings (SSSR count). The highest BCUT2D eigenvalue weighted by Crippen LogP contribution is 2.34. The largest absolute Gasteiger partial charge is 0.507 e. The highest BCUT2D eigenvalue weighted by molar-refractivity contribution is 6.00. The Labute approximate surface area is 124 Å². The second kappa shape index (κ2) is 5.76. The lowest BCUT2D eigenvalue weighted by Gasteiger charge is -2.39. The van der Waals surface area contributed by atoms with Crippen molar-refractivity contribution in [3.8, 4) is 5.75 Å². The standard InChI is InChI=1S/C16H21NO4/c1-10-6-7-12(13(18)9-10)14(19)17-16(15(20)21)8-4-3-5-11(16)2/h6-7,9,11,18H,3-5,8H2,1-2H3,(H,17,19)(H,20,21). The van der Waals surface area contributed by atoms with E-state index < -0.39 is 17.4 Å². The Hall–Kier alpha value is -2.04. The van der Waals surface area contributed by atoms with E-state index in [9.17, 15) is 19.8 Å². The zero-order valence-electron chi connectivity index (χ0n) is 12.3. The fourth-order valence-corrected chi connectivity index (χ4v) is 3.01. The number of benzene rings is 1. The van der Waals surface area contributed by atoms with E-state index in [1.54, 1.807) is 6.07 Å². The van der Waals surface area contributed by atoms with Crippen molar-refractivity contribution in [3.05, 3.63) is 29.3 Å². The number of hydrogen-bond acceptors (Lipinski definition) is 3. The molecule has 1 aliphatic rings. The summed E-state index contributed by atoms with van der Waals surface area (Å²) in [5, 5.41) is 22.1. The summed E-state index contributed by atoms with van der Waals surface area (Å²) in [4.78, 5) is 24.1. The third-order valence-electron chi connectivity index (χ3n) is 4.42. The zero-order chi connectivity index (χ0) is 15.6. The molecule has 3 N–H and O–H groups in total. The summed E-state index contributed by atoms with van der Waals surface area (Å²) in [6, 6.07) is 4.72. The van der Waals surface area contributed by atoms with Crippen LogP contribution in [0, 0.1) is 12.8 Å². The number of nitrogens with one attached hydrogen (secondary N) is 1. The van der Waals surface area contributed by atoms with Gasteiger partial charge in [0.1, 0.15) is 11.3 Å². The number of phenols is 1. The minimum atomic E-state index is -1.24. The molecule has 0 bridgehead atoms. The van der Waals surface area contributed by atoms with Crippen LogP contribution in [-0.2, 0) is 4.79 Å². The Kier molecular flexibility index (Phi) is 4.21. The van der Waals surface area contributed by atoms with E-state index in [-0.39, 0.29) is 17.2 Å². The maximum Gasteiger partial charge on any atom is 0.329 e. The third kappa shape index (κ3) is 2.86. The van der Waals surface area contributed by atoms with Crippen molar-refractivity contribution >= 4 is 11.9 Å². The average molecular weight is 291 g/mol. The van der Waals surface area contributed by atoms with Crippen LogP contribution in [-0.4, -0.2) is 27.6 Å². The Bertz CT molecular complexity index is 569. The van der Waals surface area contributed by atoms with Gasteiger partial charge in [-0.25, -0.2) is 4.79 Å². The summed E-state index contributed by atoms with van der Waals surface area (Å²) in [6.07, 6.45) is 2.94. The van der Waals surface area contributed by atoms with Crippen LogP contribution in [0.3, 0.4) is 0 Å². The maximum atomic E-state index is 12.4. The number of aryl methyl sites for hydroxylation is 1. The van der Waals surface area contributed by atoms with Crippen molar-refractivity contribution in [1.82, 2.24) is 5.32 Å². The van der Waals surface area contributed by atoms with Gasteiger partial charge in [0.05, 0.1) is 5.56 Å². The summed E-state index contributed by atoms with van der Waals surface area (Å²) in [6.45, 7) is 3.66. The molecule has 5 nitrogen and oxygen atoms in total. The molecule has 1 amide bonds. The molecular weight excluding hydrogens is 270 g/mol. The predicted octanol–water partition coefficient (Wildman–Crippen LogP) is 2.46. The lowest BCUT2D eigenvalue weighted by atomic mass is 9.73. The number of phenolic OH excluding ortho intramolecular Hbond substituents is 1. The van der Waals surface area contributed by atoms with Gasteiger partial charge in [-0.15, -0.1) is 0 Å². The SMILES string of the molecule is Cc1ccc(C(=O)NC2(C(=O)O)CCCCC2C)c(O)c1. The highest BCUT2D eigenvalue weighted by atomic mass is 16.4. The molecule has 0 aliphatic heterocycles. The van der Waals surface area contributed by atoms with E-state index in [1.807, 2.05) is 13.8 Å². The van der Waals surface area contributed by atoms with Crippen LogP contribution in [0.25, 0.3) is 0 Å². The molecule has 0 spiro atoms. The molecule has 0 saturated heterocycles. The molecule has 1 saturated carbocycles. The van der Waals surface area contributed by atoms with Crippen LogP contribution in [0.4, 0.5) is 0 Å². The fourth-order valence-electron chi connectivity index (χ4n) is 3.01. The number of carboxylic acid groups (broad SMARTS) is 1. The van der Waals surface area contributed by atoms with E-state index in [0.717, 1.165) is 24.8 Å². The van der Waals surface area contributed by atoms with Gasteiger partial charge >= 0.3 is 5.97 Å². The van der Waals surface area contributed by atoms with Crippen LogP contribution < -0.4 is 5.32 Å². The van der Waals surface area contributed by atoms with Crippen LogP contribution >= 0.6 is 0 Å². The number of carbonyl (C=O) groups is 2. The van der Waals surface area contributed by atoms with E-state index in [4.69, 9.17) is 0 Å². The first-order valence-electron chi connectivity index (χ1n) is 7.22. The molecule has 2 unspecified atom stereocenters. The first-order chi connectivity index (χ1) is 9.86. The van der Waals surface area contributed by atoms with Gasteiger partial charge < -0.3 is 15.5 Å². The van der Waals surface area contributed by atoms with Gasteiger partial charge in [0.15, 0.2) is 0 Å². The van der Waals surface area contributed by atoms with Crippen molar-refractivity contribution < 1.29 is 19.8 Å². The topological polar surface area (TPSA) is 86.6 Å². The van der Waals surface area contributed by atoms with Crippen molar-refractivity contribution in [2.75, 3.05) is 0 Å². The van der Waals surface area contributed by atoms with Crippen LogP contribution in [0.2, 0.25) is 0 Å². The summed E-state index contributed by atoms with van der Waals surface area (Å²) < 4.78 is 0. The molecule has 1 aromatic rings. The fraction of sp³-hybridized carbons (Fsp3) is 0.500. The lowest BCUT2D eigenvalue weighted by molar-refractivity contribution is -0.148. The van der Waals surface area contributed by atoms with Crippen LogP contribution in [0.5, 0.6) is 5.75 Å². The Balaban J connectivity index is 2.28. The molecule has 1 fully saturated rings. The number of aromatic hydroxyl groups is 1. The third-order valence-corrected chi connectivity index (χ3v) is 4.42. The molecular formula is C16H21NO4. The first kappa shape index (κ1) is 15.4.